The minimum atomic E-state index is -0.132. The first-order valence-corrected chi connectivity index (χ1v) is 10.7. The molecule has 1 heterocycles. The first kappa shape index (κ1) is 22.0. The molecule has 1 aromatic heterocycles. The van der Waals surface area contributed by atoms with E-state index >= 15 is 0 Å². The van der Waals surface area contributed by atoms with Gasteiger partial charge in [-0.15, -0.1) is 10.2 Å². The average molecular weight is 447 g/mol. The zero-order chi connectivity index (χ0) is 21.5. The van der Waals surface area contributed by atoms with E-state index in [4.69, 9.17) is 21.1 Å². The van der Waals surface area contributed by atoms with Gasteiger partial charge in [0.25, 0.3) is 0 Å². The van der Waals surface area contributed by atoms with Crippen molar-refractivity contribution in [2.24, 2.45) is 0 Å². The van der Waals surface area contributed by atoms with Gasteiger partial charge in [0, 0.05) is 17.3 Å². The lowest BCUT2D eigenvalue weighted by molar-refractivity contribution is -0.113. The molecule has 0 unspecified atom stereocenters. The number of hydrogen-bond acceptors (Lipinski definition) is 6. The van der Waals surface area contributed by atoms with Crippen molar-refractivity contribution in [2.75, 3.05) is 18.2 Å². The summed E-state index contributed by atoms with van der Waals surface area (Å²) in [6.45, 7) is 4.82. The Morgan fingerprint density at radius 3 is 2.60 bits per heavy atom. The smallest absolute Gasteiger partial charge is 0.234 e. The minimum Gasteiger partial charge on any atom is -0.497 e. The summed E-state index contributed by atoms with van der Waals surface area (Å²) in [5.41, 5.74) is 1.55. The molecule has 3 rings (SSSR count). The average Bonchev–Trinajstić information content (AvgIpc) is 3.16. The third-order valence-electron chi connectivity index (χ3n) is 4.41. The number of aromatic nitrogens is 3. The van der Waals surface area contributed by atoms with E-state index in [1.165, 1.54) is 11.8 Å². The van der Waals surface area contributed by atoms with Crippen LogP contribution in [0.15, 0.2) is 47.6 Å². The lowest BCUT2D eigenvalue weighted by Gasteiger charge is -2.10. The van der Waals surface area contributed by atoms with E-state index in [-0.39, 0.29) is 18.3 Å². The number of carbonyl (C=O) groups is 1. The fraction of sp³-hybridized carbons (Fsp3) is 0.286. The van der Waals surface area contributed by atoms with Gasteiger partial charge in [-0.05, 0) is 55.8 Å². The summed E-state index contributed by atoms with van der Waals surface area (Å²) in [4.78, 5) is 12.4. The third kappa shape index (κ3) is 5.46. The van der Waals surface area contributed by atoms with Crippen LogP contribution in [0.4, 0.5) is 5.69 Å². The van der Waals surface area contributed by atoms with Crippen molar-refractivity contribution in [1.82, 2.24) is 14.8 Å². The third-order valence-corrected chi connectivity index (χ3v) is 5.79. The Labute approximate surface area is 184 Å². The molecule has 0 atom stereocenters. The molecule has 0 spiro atoms. The Morgan fingerprint density at radius 1 is 1.17 bits per heavy atom. The maximum Gasteiger partial charge on any atom is 0.234 e. The van der Waals surface area contributed by atoms with Crippen LogP contribution in [0, 0.1) is 6.92 Å². The van der Waals surface area contributed by atoms with E-state index in [2.05, 4.69) is 15.5 Å². The van der Waals surface area contributed by atoms with Gasteiger partial charge in [-0.1, -0.05) is 29.4 Å². The fourth-order valence-corrected chi connectivity index (χ4v) is 3.73. The molecule has 158 valence electrons. The second-order valence-corrected chi connectivity index (χ2v) is 7.71. The summed E-state index contributed by atoms with van der Waals surface area (Å²) < 4.78 is 12.9. The number of nitrogens with zero attached hydrogens (tertiary/aromatic N) is 3. The second kappa shape index (κ2) is 10.4. The van der Waals surface area contributed by atoms with Gasteiger partial charge in [0.15, 0.2) is 11.0 Å². The van der Waals surface area contributed by atoms with Crippen LogP contribution < -0.4 is 14.8 Å². The number of methoxy groups -OCH3 is 1. The normalized spacial score (nSPS) is 10.7. The Morgan fingerprint density at radius 2 is 1.90 bits per heavy atom. The number of anilines is 1. The molecular formula is C21H23ClN4O3S. The van der Waals surface area contributed by atoms with Crippen molar-refractivity contribution in [3.8, 4) is 11.5 Å². The Bertz CT molecular complexity index is 1010. The molecule has 7 nitrogen and oxygen atoms in total. The molecule has 0 aliphatic rings. The SMILES string of the molecule is CCn1c(COc2ccc(OC)cc2)nnc1SCC(=O)Nc1cccc(Cl)c1C. The fourth-order valence-electron chi connectivity index (χ4n) is 2.73. The van der Waals surface area contributed by atoms with Gasteiger partial charge in [0.2, 0.25) is 5.91 Å². The Kier molecular flexibility index (Phi) is 7.59. The lowest BCUT2D eigenvalue weighted by atomic mass is 10.2. The number of halogens is 1. The lowest BCUT2D eigenvalue weighted by Crippen LogP contribution is -2.15. The zero-order valence-corrected chi connectivity index (χ0v) is 18.6. The van der Waals surface area contributed by atoms with Crippen molar-refractivity contribution in [2.45, 2.75) is 32.2 Å². The van der Waals surface area contributed by atoms with E-state index in [0.29, 0.717) is 34.0 Å². The van der Waals surface area contributed by atoms with Crippen LogP contribution in [0.5, 0.6) is 11.5 Å². The van der Waals surface area contributed by atoms with Gasteiger partial charge in [-0.2, -0.15) is 0 Å². The van der Waals surface area contributed by atoms with E-state index in [9.17, 15) is 4.79 Å². The van der Waals surface area contributed by atoms with Gasteiger partial charge >= 0.3 is 0 Å². The molecule has 9 heteroatoms. The highest BCUT2D eigenvalue weighted by Crippen LogP contribution is 2.24. The largest absolute Gasteiger partial charge is 0.497 e. The van der Waals surface area contributed by atoms with Crippen LogP contribution in [-0.2, 0) is 17.9 Å². The van der Waals surface area contributed by atoms with E-state index in [1.807, 2.05) is 48.7 Å². The number of hydrogen-bond donors (Lipinski definition) is 1. The molecule has 1 amide bonds. The maximum atomic E-state index is 12.4. The van der Waals surface area contributed by atoms with Crippen molar-refractivity contribution in [1.29, 1.82) is 0 Å². The second-order valence-electron chi connectivity index (χ2n) is 6.36. The van der Waals surface area contributed by atoms with Gasteiger partial charge in [0.05, 0.1) is 12.9 Å². The number of nitrogens with one attached hydrogen (secondary N) is 1. The molecule has 0 radical (unpaired) electrons. The zero-order valence-electron chi connectivity index (χ0n) is 17.0. The highest BCUT2D eigenvalue weighted by Gasteiger charge is 2.14. The Balaban J connectivity index is 1.58. The Hall–Kier alpha value is -2.71. The highest BCUT2D eigenvalue weighted by atomic mass is 35.5. The molecule has 0 bridgehead atoms. The van der Waals surface area contributed by atoms with Crippen LogP contribution in [0.2, 0.25) is 5.02 Å². The number of carbonyl (C=O) groups excluding carboxylic acids is 1. The summed E-state index contributed by atoms with van der Waals surface area (Å²) in [5, 5.41) is 12.6. The topological polar surface area (TPSA) is 78.3 Å². The predicted molar refractivity (Wildman–Crippen MR) is 119 cm³/mol. The van der Waals surface area contributed by atoms with Gasteiger partial charge < -0.3 is 19.4 Å². The quantitative estimate of drug-likeness (QED) is 0.485. The summed E-state index contributed by atoms with van der Waals surface area (Å²) in [7, 11) is 1.62. The molecular weight excluding hydrogens is 424 g/mol. The molecule has 1 N–H and O–H groups in total. The molecule has 2 aromatic carbocycles. The first-order chi connectivity index (χ1) is 14.5. The summed E-state index contributed by atoms with van der Waals surface area (Å²) in [5.74, 6) is 2.26. The molecule has 30 heavy (non-hydrogen) atoms. The van der Waals surface area contributed by atoms with Gasteiger partial charge in [-0.25, -0.2) is 0 Å². The van der Waals surface area contributed by atoms with Crippen molar-refractivity contribution < 1.29 is 14.3 Å². The highest BCUT2D eigenvalue weighted by molar-refractivity contribution is 7.99. The number of rotatable bonds is 9. The van der Waals surface area contributed by atoms with Crippen LogP contribution in [-0.4, -0.2) is 33.5 Å². The van der Waals surface area contributed by atoms with Crippen molar-refractivity contribution in [3.63, 3.8) is 0 Å². The van der Waals surface area contributed by atoms with E-state index in [1.54, 1.807) is 19.2 Å². The monoisotopic (exact) mass is 446 g/mol. The molecule has 0 fully saturated rings. The number of benzene rings is 2. The first-order valence-electron chi connectivity index (χ1n) is 9.38. The van der Waals surface area contributed by atoms with Crippen molar-refractivity contribution >= 4 is 35.0 Å². The minimum absolute atomic E-state index is 0.132. The molecule has 0 saturated heterocycles. The molecule has 0 aliphatic carbocycles. The van der Waals surface area contributed by atoms with Crippen LogP contribution in [0.1, 0.15) is 18.3 Å². The predicted octanol–water partition coefficient (Wildman–Crippen LogP) is 4.58. The summed E-state index contributed by atoms with van der Waals surface area (Å²) in [6.07, 6.45) is 0. The molecule has 0 saturated carbocycles. The van der Waals surface area contributed by atoms with Crippen LogP contribution in [0.25, 0.3) is 0 Å². The molecule has 3 aromatic rings. The van der Waals surface area contributed by atoms with Crippen LogP contribution >= 0.6 is 23.4 Å². The van der Waals surface area contributed by atoms with E-state index in [0.717, 1.165) is 11.3 Å². The maximum absolute atomic E-state index is 12.4. The summed E-state index contributed by atoms with van der Waals surface area (Å²) >= 11 is 7.43. The van der Waals surface area contributed by atoms with Crippen molar-refractivity contribution in [3.05, 3.63) is 58.9 Å². The molecule has 0 aliphatic heterocycles. The van der Waals surface area contributed by atoms with Gasteiger partial charge in [0.1, 0.15) is 18.1 Å². The van der Waals surface area contributed by atoms with Gasteiger partial charge in [-0.3, -0.25) is 4.79 Å². The summed E-state index contributed by atoms with van der Waals surface area (Å²) in [6, 6.07) is 12.8. The van der Waals surface area contributed by atoms with E-state index < -0.39 is 0 Å². The van der Waals surface area contributed by atoms with Crippen LogP contribution in [0.3, 0.4) is 0 Å². The number of thioether (sulfide) groups is 1. The standard InChI is InChI=1S/C21H23ClN4O3S/c1-4-26-19(12-29-16-10-8-15(28-3)9-11-16)24-25-21(26)30-13-20(27)23-18-7-5-6-17(22)14(18)2/h5-11H,4,12-13H2,1-3H3,(H,23,27). The number of ether oxygens (including phenoxy) is 2. The number of amides is 1.